The van der Waals surface area contributed by atoms with Gasteiger partial charge < -0.3 is 10.6 Å². The monoisotopic (exact) mass is 326 g/mol. The molecule has 0 radical (unpaired) electrons. The highest BCUT2D eigenvalue weighted by molar-refractivity contribution is 5.96. The van der Waals surface area contributed by atoms with E-state index in [9.17, 15) is 9.59 Å². The van der Waals surface area contributed by atoms with Crippen LogP contribution in [-0.4, -0.2) is 18.4 Å². The second kappa shape index (κ2) is 5.91. The third kappa shape index (κ3) is 3.06. The molecule has 0 aromatic heterocycles. The second-order valence-corrected chi connectivity index (χ2v) is 8.36. The first-order valence-electron chi connectivity index (χ1n) is 9.17. The maximum atomic E-state index is 12.6. The second-order valence-electron chi connectivity index (χ2n) is 8.36. The Hall–Kier alpha value is -1.84. The van der Waals surface area contributed by atoms with Crippen LogP contribution in [0, 0.1) is 23.2 Å². The van der Waals surface area contributed by atoms with Gasteiger partial charge in [-0.05, 0) is 79.9 Å². The van der Waals surface area contributed by atoms with Crippen LogP contribution in [0.3, 0.4) is 0 Å². The molecule has 4 nitrogen and oxygen atoms in total. The summed E-state index contributed by atoms with van der Waals surface area (Å²) in [5.41, 5.74) is 1.63. The summed E-state index contributed by atoms with van der Waals surface area (Å²) < 4.78 is 0. The van der Waals surface area contributed by atoms with Crippen LogP contribution in [0.2, 0.25) is 0 Å². The van der Waals surface area contributed by atoms with Crippen molar-refractivity contribution < 1.29 is 9.59 Å². The van der Waals surface area contributed by atoms with Crippen LogP contribution in [0.4, 0.5) is 5.69 Å². The predicted octanol–water partition coefficient (Wildman–Crippen LogP) is 3.59. The number of hydrogen-bond acceptors (Lipinski definition) is 2. The lowest BCUT2D eigenvalue weighted by Gasteiger charge is -2.56. The van der Waals surface area contributed by atoms with Crippen molar-refractivity contribution in [2.75, 3.05) is 11.9 Å². The number of carbonyl (C=O) groups excluding carboxylic acids is 2. The van der Waals surface area contributed by atoms with E-state index in [1.165, 1.54) is 45.4 Å². The number of benzene rings is 1. The number of hydrogen-bond donors (Lipinski definition) is 2. The van der Waals surface area contributed by atoms with E-state index in [4.69, 9.17) is 0 Å². The van der Waals surface area contributed by atoms with Crippen LogP contribution in [0.5, 0.6) is 0 Å². The van der Waals surface area contributed by atoms with Crippen LogP contribution in [-0.2, 0) is 4.79 Å². The minimum absolute atomic E-state index is 0.0297. The number of anilines is 1. The first-order valence-corrected chi connectivity index (χ1v) is 9.17. The van der Waals surface area contributed by atoms with Gasteiger partial charge >= 0.3 is 0 Å². The van der Waals surface area contributed by atoms with E-state index in [1.54, 1.807) is 18.2 Å². The van der Waals surface area contributed by atoms with E-state index in [2.05, 4.69) is 10.6 Å². The summed E-state index contributed by atoms with van der Waals surface area (Å²) in [6.07, 6.45) is 8.16. The zero-order chi connectivity index (χ0) is 16.7. The van der Waals surface area contributed by atoms with Crippen molar-refractivity contribution in [2.24, 2.45) is 23.2 Å². The van der Waals surface area contributed by atoms with Crippen LogP contribution < -0.4 is 10.6 Å². The summed E-state index contributed by atoms with van der Waals surface area (Å²) in [6.45, 7) is 2.28. The smallest absolute Gasteiger partial charge is 0.251 e. The van der Waals surface area contributed by atoms with Gasteiger partial charge in [-0.1, -0.05) is 6.07 Å². The van der Waals surface area contributed by atoms with E-state index < -0.39 is 0 Å². The van der Waals surface area contributed by atoms with Crippen molar-refractivity contribution in [3.05, 3.63) is 29.8 Å². The standard InChI is InChI=1S/C20H26N2O2/c1-13(23)22-18-4-2-3-17(8-18)19(24)21-12-20-9-14-5-15(10-20)7-16(6-14)11-20/h2-4,8,14-16H,5-7,9-12H2,1H3,(H,21,24)(H,22,23). The summed E-state index contributed by atoms with van der Waals surface area (Å²) in [4.78, 5) is 23.7. The van der Waals surface area contributed by atoms with Gasteiger partial charge in [-0.3, -0.25) is 9.59 Å². The van der Waals surface area contributed by atoms with Crippen molar-refractivity contribution >= 4 is 17.5 Å². The number of rotatable bonds is 4. The van der Waals surface area contributed by atoms with E-state index in [1.807, 2.05) is 6.07 Å². The third-order valence-corrected chi connectivity index (χ3v) is 6.23. The molecule has 4 saturated carbocycles. The van der Waals surface area contributed by atoms with Gasteiger partial charge in [0.2, 0.25) is 5.91 Å². The van der Waals surface area contributed by atoms with Gasteiger partial charge in [0.15, 0.2) is 0 Å². The first kappa shape index (κ1) is 15.7. The van der Waals surface area contributed by atoms with Crippen LogP contribution in [0.25, 0.3) is 0 Å². The summed E-state index contributed by atoms with van der Waals surface area (Å²) in [5.74, 6) is 2.54. The Labute approximate surface area is 143 Å². The topological polar surface area (TPSA) is 58.2 Å². The van der Waals surface area contributed by atoms with Gasteiger partial charge in [-0.25, -0.2) is 0 Å². The fourth-order valence-corrected chi connectivity index (χ4v) is 5.82. The van der Waals surface area contributed by atoms with Crippen LogP contribution in [0.15, 0.2) is 24.3 Å². The molecular weight excluding hydrogens is 300 g/mol. The lowest BCUT2D eigenvalue weighted by Crippen LogP contribution is -2.51. The molecule has 0 aliphatic heterocycles. The molecule has 4 heteroatoms. The maximum Gasteiger partial charge on any atom is 0.251 e. The fourth-order valence-electron chi connectivity index (χ4n) is 5.82. The molecule has 4 aliphatic carbocycles. The molecule has 2 amide bonds. The van der Waals surface area contributed by atoms with E-state index in [-0.39, 0.29) is 11.8 Å². The van der Waals surface area contributed by atoms with Crippen LogP contribution >= 0.6 is 0 Å². The molecule has 2 N–H and O–H groups in total. The van der Waals surface area contributed by atoms with Crippen molar-refractivity contribution in [3.8, 4) is 0 Å². The van der Waals surface area contributed by atoms with E-state index >= 15 is 0 Å². The normalized spacial score (nSPS) is 33.3. The van der Waals surface area contributed by atoms with E-state index in [0.717, 1.165) is 24.3 Å². The highest BCUT2D eigenvalue weighted by Gasteiger charge is 2.50. The molecule has 1 aromatic carbocycles. The summed E-state index contributed by atoms with van der Waals surface area (Å²) in [6, 6.07) is 7.17. The zero-order valence-corrected chi connectivity index (χ0v) is 14.3. The van der Waals surface area contributed by atoms with E-state index in [0.29, 0.717) is 16.7 Å². The molecule has 0 atom stereocenters. The molecule has 24 heavy (non-hydrogen) atoms. The Balaban J connectivity index is 1.41. The molecule has 4 bridgehead atoms. The average Bonchev–Trinajstić information content (AvgIpc) is 2.51. The molecule has 128 valence electrons. The zero-order valence-electron chi connectivity index (χ0n) is 14.3. The Kier molecular flexibility index (Phi) is 3.86. The quantitative estimate of drug-likeness (QED) is 0.888. The Morgan fingerprint density at radius 2 is 1.71 bits per heavy atom. The van der Waals surface area contributed by atoms with Crippen molar-refractivity contribution in [1.82, 2.24) is 5.32 Å². The lowest BCUT2D eigenvalue weighted by molar-refractivity contribution is -0.114. The summed E-state index contributed by atoms with van der Waals surface area (Å²) in [5, 5.41) is 5.92. The molecule has 0 spiro atoms. The lowest BCUT2D eigenvalue weighted by atomic mass is 9.49. The summed E-state index contributed by atoms with van der Waals surface area (Å²) in [7, 11) is 0. The average molecular weight is 326 g/mol. The molecule has 5 rings (SSSR count). The van der Waals surface area contributed by atoms with Gasteiger partial charge in [0.05, 0.1) is 0 Å². The number of amides is 2. The van der Waals surface area contributed by atoms with Crippen molar-refractivity contribution in [3.63, 3.8) is 0 Å². The molecule has 4 aliphatic rings. The largest absolute Gasteiger partial charge is 0.351 e. The Morgan fingerprint density at radius 3 is 2.29 bits per heavy atom. The minimum atomic E-state index is -0.124. The molecular formula is C20H26N2O2. The minimum Gasteiger partial charge on any atom is -0.351 e. The Bertz CT molecular complexity index is 632. The highest BCUT2D eigenvalue weighted by atomic mass is 16.2. The van der Waals surface area contributed by atoms with Gasteiger partial charge in [0.1, 0.15) is 0 Å². The van der Waals surface area contributed by atoms with Gasteiger partial charge in [0, 0.05) is 24.7 Å². The molecule has 1 aromatic rings. The van der Waals surface area contributed by atoms with Gasteiger partial charge in [0.25, 0.3) is 5.91 Å². The summed E-state index contributed by atoms with van der Waals surface area (Å²) >= 11 is 0. The molecule has 4 fully saturated rings. The fraction of sp³-hybridized carbons (Fsp3) is 0.600. The highest BCUT2D eigenvalue weighted by Crippen LogP contribution is 2.59. The molecule has 0 heterocycles. The molecule has 0 unspecified atom stereocenters. The van der Waals surface area contributed by atoms with Gasteiger partial charge in [-0.15, -0.1) is 0 Å². The van der Waals surface area contributed by atoms with Crippen LogP contribution in [0.1, 0.15) is 55.8 Å². The first-order chi connectivity index (χ1) is 11.5. The SMILES string of the molecule is CC(=O)Nc1cccc(C(=O)NCC23CC4CC(CC(C4)C2)C3)c1. The predicted molar refractivity (Wildman–Crippen MR) is 93.7 cm³/mol. The van der Waals surface area contributed by atoms with Crippen molar-refractivity contribution in [1.29, 1.82) is 0 Å². The Morgan fingerprint density at radius 1 is 1.08 bits per heavy atom. The number of nitrogens with one attached hydrogen (secondary N) is 2. The third-order valence-electron chi connectivity index (χ3n) is 6.23. The maximum absolute atomic E-state index is 12.6. The van der Waals surface area contributed by atoms with Gasteiger partial charge in [-0.2, -0.15) is 0 Å². The number of carbonyl (C=O) groups is 2. The van der Waals surface area contributed by atoms with Crippen molar-refractivity contribution in [2.45, 2.75) is 45.4 Å². The molecule has 0 saturated heterocycles.